The summed E-state index contributed by atoms with van der Waals surface area (Å²) >= 11 is 0. The molecule has 1 aliphatic rings. The fraction of sp³-hybridized carbons (Fsp3) is 1.00. The van der Waals surface area contributed by atoms with E-state index >= 15 is 0 Å². The highest BCUT2D eigenvalue weighted by Gasteiger charge is 2.35. The van der Waals surface area contributed by atoms with Crippen molar-refractivity contribution in [1.29, 1.82) is 0 Å². The summed E-state index contributed by atoms with van der Waals surface area (Å²) in [5, 5.41) is 3.49. The molecule has 0 aromatic carbocycles. The van der Waals surface area contributed by atoms with Crippen molar-refractivity contribution < 1.29 is 4.74 Å². The lowest BCUT2D eigenvalue weighted by Crippen LogP contribution is -2.40. The molecule has 0 saturated heterocycles. The third-order valence-electron chi connectivity index (χ3n) is 3.78. The van der Waals surface area contributed by atoms with Crippen molar-refractivity contribution in [3.05, 3.63) is 0 Å². The van der Waals surface area contributed by atoms with E-state index in [1.165, 1.54) is 38.6 Å². The normalized spacial score (nSPS) is 18.8. The maximum Gasteiger partial charge on any atom is 0.0471 e. The maximum atomic E-state index is 5.73. The summed E-state index contributed by atoms with van der Waals surface area (Å²) in [4.78, 5) is 0. The van der Waals surface area contributed by atoms with E-state index in [1.54, 1.807) is 0 Å². The van der Waals surface area contributed by atoms with Crippen LogP contribution in [-0.2, 0) is 4.74 Å². The molecule has 96 valence electrons. The zero-order valence-electron chi connectivity index (χ0n) is 11.3. The Hall–Kier alpha value is -0.0800. The lowest BCUT2D eigenvalue weighted by Gasteiger charge is -2.42. The van der Waals surface area contributed by atoms with Crippen LogP contribution in [0.25, 0.3) is 0 Å². The lowest BCUT2D eigenvalue weighted by molar-refractivity contribution is 0.0464. The van der Waals surface area contributed by atoms with Crippen molar-refractivity contribution in [2.75, 3.05) is 26.3 Å². The summed E-state index contributed by atoms with van der Waals surface area (Å²) in [6, 6.07) is 0. The summed E-state index contributed by atoms with van der Waals surface area (Å²) in [5.41, 5.74) is 0.577. The summed E-state index contributed by atoms with van der Waals surface area (Å²) in [6.07, 6.45) is 6.65. The summed E-state index contributed by atoms with van der Waals surface area (Å²) < 4.78 is 5.73. The Kier molecular flexibility index (Phi) is 6.37. The molecule has 0 radical (unpaired) electrons. The van der Waals surface area contributed by atoms with E-state index in [1.807, 2.05) is 0 Å². The average Bonchev–Trinajstić information content (AvgIpc) is 2.19. The molecule has 0 heterocycles. The summed E-state index contributed by atoms with van der Waals surface area (Å²) in [7, 11) is 0. The fourth-order valence-electron chi connectivity index (χ4n) is 2.29. The maximum absolute atomic E-state index is 5.73. The van der Waals surface area contributed by atoms with Gasteiger partial charge in [-0.25, -0.2) is 0 Å². The van der Waals surface area contributed by atoms with Crippen molar-refractivity contribution in [1.82, 2.24) is 5.32 Å². The lowest BCUT2D eigenvalue weighted by atomic mass is 9.67. The molecule has 1 fully saturated rings. The number of hydrogen-bond donors (Lipinski definition) is 1. The Morgan fingerprint density at radius 2 is 2.00 bits per heavy atom. The first kappa shape index (κ1) is 14.0. The molecule has 0 aromatic rings. The molecule has 0 amide bonds. The predicted molar refractivity (Wildman–Crippen MR) is 69.7 cm³/mol. The van der Waals surface area contributed by atoms with Crippen LogP contribution in [-0.4, -0.2) is 26.3 Å². The third kappa shape index (κ3) is 4.84. The highest BCUT2D eigenvalue weighted by Crippen LogP contribution is 2.43. The molecular weight excluding hydrogens is 198 g/mol. The Morgan fingerprint density at radius 3 is 2.50 bits per heavy atom. The molecule has 1 N–H and O–H groups in total. The molecule has 2 heteroatoms. The van der Waals surface area contributed by atoms with Crippen LogP contribution in [0.4, 0.5) is 0 Å². The molecule has 1 saturated carbocycles. The van der Waals surface area contributed by atoms with E-state index in [-0.39, 0.29) is 0 Å². The van der Waals surface area contributed by atoms with Crippen LogP contribution in [0, 0.1) is 11.3 Å². The van der Waals surface area contributed by atoms with Gasteiger partial charge in [0.05, 0.1) is 0 Å². The van der Waals surface area contributed by atoms with Crippen molar-refractivity contribution in [2.45, 2.75) is 52.9 Å². The number of nitrogens with one attached hydrogen (secondary N) is 1. The molecular formula is C14H29NO. The van der Waals surface area contributed by atoms with Gasteiger partial charge < -0.3 is 10.1 Å². The minimum atomic E-state index is 0.577. The van der Waals surface area contributed by atoms with Gasteiger partial charge in [-0.1, -0.05) is 27.2 Å². The molecule has 0 spiro atoms. The quantitative estimate of drug-likeness (QED) is 0.611. The van der Waals surface area contributed by atoms with Crippen molar-refractivity contribution >= 4 is 0 Å². The second-order valence-corrected chi connectivity index (χ2v) is 5.68. The van der Waals surface area contributed by atoms with Crippen LogP contribution in [0.3, 0.4) is 0 Å². The van der Waals surface area contributed by atoms with Crippen molar-refractivity contribution in [3.8, 4) is 0 Å². The van der Waals surface area contributed by atoms with Crippen LogP contribution in [0.5, 0.6) is 0 Å². The van der Waals surface area contributed by atoms with Crippen LogP contribution in [0.2, 0.25) is 0 Å². The van der Waals surface area contributed by atoms with Crippen LogP contribution < -0.4 is 5.32 Å². The van der Waals surface area contributed by atoms with Crippen LogP contribution in [0.1, 0.15) is 52.9 Å². The number of hydrogen-bond acceptors (Lipinski definition) is 2. The Bertz CT molecular complexity index is 176. The van der Waals surface area contributed by atoms with E-state index in [9.17, 15) is 0 Å². The summed E-state index contributed by atoms with van der Waals surface area (Å²) in [5.74, 6) is 0.763. The smallest absolute Gasteiger partial charge is 0.0471 e. The van der Waals surface area contributed by atoms with Gasteiger partial charge >= 0.3 is 0 Å². The Morgan fingerprint density at radius 1 is 1.25 bits per heavy atom. The Balaban J connectivity index is 2.05. The molecule has 0 bridgehead atoms. The van der Waals surface area contributed by atoms with Gasteiger partial charge in [0.1, 0.15) is 0 Å². The van der Waals surface area contributed by atoms with E-state index in [2.05, 4.69) is 26.1 Å². The van der Waals surface area contributed by atoms with E-state index in [0.29, 0.717) is 5.41 Å². The Labute approximate surface area is 101 Å². The topological polar surface area (TPSA) is 21.3 Å². The first-order valence-electron chi connectivity index (χ1n) is 6.97. The standard InChI is InChI=1S/C14H29NO/c1-4-15-12-14(7-5-8-14)9-11-16-10-6-13(2)3/h13,15H,4-12H2,1-3H3. The van der Waals surface area contributed by atoms with Crippen molar-refractivity contribution in [2.24, 2.45) is 11.3 Å². The largest absolute Gasteiger partial charge is 0.381 e. The molecule has 0 unspecified atom stereocenters. The minimum absolute atomic E-state index is 0.577. The van der Waals surface area contributed by atoms with Crippen LogP contribution >= 0.6 is 0 Å². The molecule has 16 heavy (non-hydrogen) atoms. The predicted octanol–water partition coefficient (Wildman–Crippen LogP) is 3.22. The molecule has 1 aliphatic carbocycles. The molecule has 0 aromatic heterocycles. The molecule has 2 nitrogen and oxygen atoms in total. The highest BCUT2D eigenvalue weighted by atomic mass is 16.5. The SMILES string of the molecule is CCNCC1(CCOCCC(C)C)CCC1. The number of ether oxygens (including phenoxy) is 1. The van der Waals surface area contributed by atoms with Gasteiger partial charge in [-0.15, -0.1) is 0 Å². The van der Waals surface area contributed by atoms with Crippen molar-refractivity contribution in [3.63, 3.8) is 0 Å². The summed E-state index contributed by atoms with van der Waals surface area (Å²) in [6.45, 7) is 10.9. The van der Waals surface area contributed by atoms with E-state index in [0.717, 1.165) is 25.7 Å². The fourth-order valence-corrected chi connectivity index (χ4v) is 2.29. The second kappa shape index (κ2) is 7.29. The van der Waals surface area contributed by atoms with Gasteiger partial charge in [-0.2, -0.15) is 0 Å². The third-order valence-corrected chi connectivity index (χ3v) is 3.78. The van der Waals surface area contributed by atoms with Crippen LogP contribution in [0.15, 0.2) is 0 Å². The first-order chi connectivity index (χ1) is 7.68. The second-order valence-electron chi connectivity index (χ2n) is 5.68. The van der Waals surface area contributed by atoms with Gasteiger partial charge in [0.2, 0.25) is 0 Å². The highest BCUT2D eigenvalue weighted by molar-refractivity contribution is 4.89. The molecule has 0 aliphatic heterocycles. The van der Waals surface area contributed by atoms with E-state index in [4.69, 9.17) is 4.74 Å². The zero-order valence-corrected chi connectivity index (χ0v) is 11.3. The van der Waals surface area contributed by atoms with Gasteiger partial charge in [0.15, 0.2) is 0 Å². The molecule has 1 rings (SSSR count). The minimum Gasteiger partial charge on any atom is -0.381 e. The monoisotopic (exact) mass is 227 g/mol. The average molecular weight is 227 g/mol. The van der Waals surface area contributed by atoms with Gasteiger partial charge in [0, 0.05) is 19.8 Å². The molecule has 0 atom stereocenters. The van der Waals surface area contributed by atoms with Gasteiger partial charge in [0.25, 0.3) is 0 Å². The zero-order chi connectivity index (χ0) is 11.9. The van der Waals surface area contributed by atoms with E-state index < -0.39 is 0 Å². The van der Waals surface area contributed by atoms with Gasteiger partial charge in [-0.05, 0) is 43.6 Å². The van der Waals surface area contributed by atoms with Gasteiger partial charge in [-0.3, -0.25) is 0 Å². The number of rotatable bonds is 9. The first-order valence-corrected chi connectivity index (χ1v) is 6.97.